The molecule has 0 radical (unpaired) electrons. The summed E-state index contributed by atoms with van der Waals surface area (Å²) in [5.74, 6) is 0.326. The van der Waals surface area contributed by atoms with Crippen LogP contribution in [-0.4, -0.2) is 18.7 Å². The van der Waals surface area contributed by atoms with Crippen molar-refractivity contribution in [1.82, 2.24) is 0 Å². The average Bonchev–Trinajstić information content (AvgIpc) is 2.69. The number of carbonyl (C=O) groups excluding carboxylic acids is 1. The maximum absolute atomic E-state index is 12.0. The highest BCUT2D eigenvalue weighted by Gasteiger charge is 2.06. The fourth-order valence-corrected chi connectivity index (χ4v) is 2.48. The Morgan fingerprint density at radius 2 is 1.67 bits per heavy atom. The van der Waals surface area contributed by atoms with Crippen LogP contribution in [0.4, 0.5) is 11.4 Å². The molecule has 3 aromatic rings. The number of amides is 1. The zero-order valence-electron chi connectivity index (χ0n) is 14.4. The number of carbonyl (C=O) groups is 1. The van der Waals surface area contributed by atoms with E-state index in [0.29, 0.717) is 16.5 Å². The lowest BCUT2D eigenvalue weighted by Gasteiger charge is -2.09. The van der Waals surface area contributed by atoms with Gasteiger partial charge in [0.15, 0.2) is 6.61 Å². The first-order valence-electron chi connectivity index (χ1n) is 8.33. The molecule has 0 atom stereocenters. The van der Waals surface area contributed by atoms with Crippen LogP contribution in [0.5, 0.6) is 5.75 Å². The van der Waals surface area contributed by atoms with Crippen LogP contribution in [0.25, 0.3) is 0 Å². The maximum Gasteiger partial charge on any atom is 0.262 e. The number of rotatable bonds is 7. The summed E-state index contributed by atoms with van der Waals surface area (Å²) in [5.41, 5.74) is 5.06. The van der Waals surface area contributed by atoms with Crippen molar-refractivity contribution < 1.29 is 9.53 Å². The SMILES string of the molecule is O=C(COc1ccccc1C=NNc1ccccc1Cl)Nc1ccccc1. The summed E-state index contributed by atoms with van der Waals surface area (Å²) < 4.78 is 5.64. The third-order valence-electron chi connectivity index (χ3n) is 3.60. The molecule has 0 aromatic heterocycles. The predicted octanol–water partition coefficient (Wildman–Crippen LogP) is 4.80. The standard InChI is InChI=1S/C21H18ClN3O2/c22-18-11-5-6-12-19(18)25-23-14-16-8-4-7-13-20(16)27-15-21(26)24-17-9-2-1-3-10-17/h1-14,25H,15H2,(H,24,26). The summed E-state index contributed by atoms with van der Waals surface area (Å²) in [5, 5.41) is 7.55. The minimum atomic E-state index is -0.234. The van der Waals surface area contributed by atoms with Crippen molar-refractivity contribution in [2.45, 2.75) is 0 Å². The van der Waals surface area contributed by atoms with Gasteiger partial charge in [-0.15, -0.1) is 0 Å². The highest BCUT2D eigenvalue weighted by molar-refractivity contribution is 6.33. The summed E-state index contributed by atoms with van der Waals surface area (Å²) in [6.45, 7) is -0.0995. The number of hydrazone groups is 1. The Morgan fingerprint density at radius 1 is 0.963 bits per heavy atom. The number of anilines is 2. The summed E-state index contributed by atoms with van der Waals surface area (Å²) in [7, 11) is 0. The summed E-state index contributed by atoms with van der Waals surface area (Å²) >= 11 is 6.08. The Labute approximate surface area is 162 Å². The zero-order valence-corrected chi connectivity index (χ0v) is 15.2. The molecule has 1 amide bonds. The maximum atomic E-state index is 12.0. The normalized spacial score (nSPS) is 10.6. The molecule has 0 aliphatic heterocycles. The van der Waals surface area contributed by atoms with Crippen molar-refractivity contribution in [2.75, 3.05) is 17.3 Å². The minimum Gasteiger partial charge on any atom is -0.483 e. The van der Waals surface area contributed by atoms with Crippen LogP contribution in [0.15, 0.2) is 84.0 Å². The van der Waals surface area contributed by atoms with Gasteiger partial charge in [0.25, 0.3) is 5.91 Å². The van der Waals surface area contributed by atoms with Gasteiger partial charge in [0.2, 0.25) is 0 Å². The van der Waals surface area contributed by atoms with E-state index in [0.717, 1.165) is 11.3 Å². The molecule has 2 N–H and O–H groups in total. The van der Waals surface area contributed by atoms with Gasteiger partial charge >= 0.3 is 0 Å². The average molecular weight is 380 g/mol. The van der Waals surface area contributed by atoms with E-state index in [9.17, 15) is 4.79 Å². The molecule has 0 heterocycles. The second kappa shape index (κ2) is 9.40. The molecule has 0 fully saturated rings. The molecule has 0 saturated heterocycles. The van der Waals surface area contributed by atoms with E-state index in [1.165, 1.54) is 0 Å². The topological polar surface area (TPSA) is 62.7 Å². The Hall–Kier alpha value is -3.31. The van der Waals surface area contributed by atoms with E-state index >= 15 is 0 Å². The van der Waals surface area contributed by atoms with E-state index in [2.05, 4.69) is 15.8 Å². The minimum absolute atomic E-state index is 0.0995. The van der Waals surface area contributed by atoms with Crippen molar-refractivity contribution in [1.29, 1.82) is 0 Å². The van der Waals surface area contributed by atoms with Gasteiger partial charge in [-0.05, 0) is 36.4 Å². The van der Waals surface area contributed by atoms with Crippen LogP contribution in [0.1, 0.15) is 5.56 Å². The molecule has 0 spiro atoms. The van der Waals surface area contributed by atoms with Crippen molar-refractivity contribution in [3.05, 3.63) is 89.4 Å². The molecule has 3 rings (SSSR count). The van der Waals surface area contributed by atoms with Gasteiger partial charge in [-0.25, -0.2) is 0 Å². The molecular weight excluding hydrogens is 362 g/mol. The van der Waals surface area contributed by atoms with E-state index < -0.39 is 0 Å². The van der Waals surface area contributed by atoms with Crippen LogP contribution in [0.2, 0.25) is 5.02 Å². The van der Waals surface area contributed by atoms with E-state index in [4.69, 9.17) is 16.3 Å². The predicted molar refractivity (Wildman–Crippen MR) is 110 cm³/mol. The number of ether oxygens (including phenoxy) is 1. The summed E-state index contributed by atoms with van der Waals surface area (Å²) in [4.78, 5) is 12.0. The third kappa shape index (κ3) is 5.59. The number of hydrogen-bond acceptors (Lipinski definition) is 4. The van der Waals surface area contributed by atoms with Crippen LogP contribution in [-0.2, 0) is 4.79 Å². The Bertz CT molecular complexity index is 929. The van der Waals surface area contributed by atoms with Gasteiger partial charge in [0.05, 0.1) is 16.9 Å². The molecule has 0 aliphatic carbocycles. The Kier molecular flexibility index (Phi) is 6.44. The van der Waals surface area contributed by atoms with Crippen molar-refractivity contribution in [3.63, 3.8) is 0 Å². The lowest BCUT2D eigenvalue weighted by molar-refractivity contribution is -0.118. The lowest BCUT2D eigenvalue weighted by Crippen LogP contribution is -2.20. The molecule has 6 heteroatoms. The monoisotopic (exact) mass is 379 g/mol. The highest BCUT2D eigenvalue weighted by atomic mass is 35.5. The summed E-state index contributed by atoms with van der Waals surface area (Å²) in [6, 6.07) is 23.9. The van der Waals surface area contributed by atoms with Crippen molar-refractivity contribution in [2.24, 2.45) is 5.10 Å². The van der Waals surface area contributed by atoms with Gasteiger partial charge in [0, 0.05) is 11.3 Å². The number of para-hydroxylation sites is 3. The highest BCUT2D eigenvalue weighted by Crippen LogP contribution is 2.21. The largest absolute Gasteiger partial charge is 0.483 e. The first kappa shape index (κ1) is 18.5. The molecule has 0 bridgehead atoms. The Balaban J connectivity index is 1.59. The fourth-order valence-electron chi connectivity index (χ4n) is 2.30. The molecule has 5 nitrogen and oxygen atoms in total. The number of hydrogen-bond donors (Lipinski definition) is 2. The first-order chi connectivity index (χ1) is 13.2. The van der Waals surface area contributed by atoms with Crippen LogP contribution < -0.4 is 15.5 Å². The number of nitrogens with one attached hydrogen (secondary N) is 2. The number of nitrogens with zero attached hydrogens (tertiary/aromatic N) is 1. The van der Waals surface area contributed by atoms with Crippen molar-refractivity contribution >= 4 is 35.1 Å². The van der Waals surface area contributed by atoms with Gasteiger partial charge in [-0.2, -0.15) is 5.10 Å². The van der Waals surface area contributed by atoms with Gasteiger partial charge in [0.1, 0.15) is 5.75 Å². The van der Waals surface area contributed by atoms with Crippen LogP contribution in [0, 0.1) is 0 Å². The molecular formula is C21H18ClN3O2. The quantitative estimate of drug-likeness (QED) is 0.457. The molecule has 0 aliphatic rings. The third-order valence-corrected chi connectivity index (χ3v) is 3.93. The zero-order chi connectivity index (χ0) is 18.9. The molecule has 0 unspecified atom stereocenters. The second-order valence-electron chi connectivity index (χ2n) is 5.59. The van der Waals surface area contributed by atoms with E-state index in [1.807, 2.05) is 66.7 Å². The Morgan fingerprint density at radius 3 is 2.48 bits per heavy atom. The van der Waals surface area contributed by atoms with Gasteiger partial charge in [-0.1, -0.05) is 54.1 Å². The number of halogens is 1. The number of benzene rings is 3. The molecule has 0 saturated carbocycles. The molecule has 136 valence electrons. The molecule has 3 aromatic carbocycles. The van der Waals surface area contributed by atoms with E-state index in [-0.39, 0.29) is 12.5 Å². The van der Waals surface area contributed by atoms with E-state index in [1.54, 1.807) is 18.3 Å². The lowest BCUT2D eigenvalue weighted by atomic mass is 10.2. The first-order valence-corrected chi connectivity index (χ1v) is 8.70. The second-order valence-corrected chi connectivity index (χ2v) is 6.00. The van der Waals surface area contributed by atoms with Gasteiger partial charge in [-0.3, -0.25) is 10.2 Å². The van der Waals surface area contributed by atoms with Crippen LogP contribution >= 0.6 is 11.6 Å². The molecule has 27 heavy (non-hydrogen) atoms. The van der Waals surface area contributed by atoms with Crippen LogP contribution in [0.3, 0.4) is 0 Å². The van der Waals surface area contributed by atoms with Gasteiger partial charge < -0.3 is 10.1 Å². The van der Waals surface area contributed by atoms with Crippen molar-refractivity contribution in [3.8, 4) is 5.75 Å². The fraction of sp³-hybridized carbons (Fsp3) is 0.0476. The summed E-state index contributed by atoms with van der Waals surface area (Å²) in [6.07, 6.45) is 1.62. The smallest absolute Gasteiger partial charge is 0.262 e.